The molecule has 1 aliphatic carbocycles. The third-order valence-electron chi connectivity index (χ3n) is 5.85. The summed E-state index contributed by atoms with van der Waals surface area (Å²) in [4.78, 5) is 12.8. The Hall–Kier alpha value is -2.81. The molecule has 0 N–H and O–H groups in total. The molecule has 0 saturated carbocycles. The van der Waals surface area contributed by atoms with Gasteiger partial charge in [0, 0.05) is 23.6 Å². The van der Waals surface area contributed by atoms with Gasteiger partial charge in [-0.25, -0.2) is 0 Å². The fourth-order valence-corrected chi connectivity index (χ4v) is 5.18. The summed E-state index contributed by atoms with van der Waals surface area (Å²) < 4.78 is 12.8. The summed E-state index contributed by atoms with van der Waals surface area (Å²) in [6.45, 7) is 6.77. The molecule has 1 aromatic heterocycles. The number of fused-ring (bicyclic) bond motifs is 3. The van der Waals surface area contributed by atoms with Gasteiger partial charge in [0.25, 0.3) is 0 Å². The fourth-order valence-electron chi connectivity index (χ4n) is 5.18. The minimum atomic E-state index is -0.343. The van der Waals surface area contributed by atoms with Crippen molar-refractivity contribution >= 4 is 11.0 Å². The molecule has 0 radical (unpaired) electrons. The summed E-state index contributed by atoms with van der Waals surface area (Å²) in [6.07, 6.45) is 5.06. The van der Waals surface area contributed by atoms with Gasteiger partial charge in [-0.1, -0.05) is 49.8 Å². The van der Waals surface area contributed by atoms with Crippen LogP contribution < -0.4 is 10.2 Å². The number of rotatable bonds is 1. The molecule has 3 nitrogen and oxygen atoms in total. The monoisotopic (exact) mass is 372 g/mol. The highest BCUT2D eigenvalue weighted by atomic mass is 16.5. The summed E-state index contributed by atoms with van der Waals surface area (Å²) in [5, 5.41) is 0.620. The van der Waals surface area contributed by atoms with Gasteiger partial charge >= 0.3 is 0 Å². The first-order valence-corrected chi connectivity index (χ1v) is 9.87. The van der Waals surface area contributed by atoms with Crippen LogP contribution >= 0.6 is 0 Å². The van der Waals surface area contributed by atoms with Crippen LogP contribution in [0.1, 0.15) is 39.2 Å². The van der Waals surface area contributed by atoms with Crippen molar-refractivity contribution in [2.24, 2.45) is 5.41 Å². The Kier molecular flexibility index (Phi) is 3.61. The van der Waals surface area contributed by atoms with Gasteiger partial charge in [0.1, 0.15) is 22.7 Å². The summed E-state index contributed by atoms with van der Waals surface area (Å²) in [5.41, 5.74) is 3.77. The molecule has 1 atom stereocenters. The Morgan fingerprint density at radius 2 is 1.79 bits per heavy atom. The zero-order valence-electron chi connectivity index (χ0n) is 16.5. The average molecular weight is 372 g/mol. The highest BCUT2D eigenvalue weighted by Crippen LogP contribution is 2.49. The first kappa shape index (κ1) is 17.3. The Morgan fingerprint density at radius 1 is 1.00 bits per heavy atom. The third kappa shape index (κ3) is 2.77. The summed E-state index contributed by atoms with van der Waals surface area (Å²) in [7, 11) is 0. The van der Waals surface area contributed by atoms with Crippen molar-refractivity contribution in [3.63, 3.8) is 0 Å². The van der Waals surface area contributed by atoms with Crippen LogP contribution in [-0.2, 0) is 6.42 Å². The second-order valence-electron chi connectivity index (χ2n) is 9.11. The van der Waals surface area contributed by atoms with E-state index < -0.39 is 0 Å². The van der Waals surface area contributed by atoms with Crippen LogP contribution in [0.15, 0.2) is 69.4 Å². The van der Waals surface area contributed by atoms with E-state index in [1.807, 2.05) is 42.5 Å². The largest absolute Gasteiger partial charge is 0.482 e. The van der Waals surface area contributed by atoms with Gasteiger partial charge in [-0.2, -0.15) is 0 Å². The first-order valence-electron chi connectivity index (χ1n) is 9.87. The maximum atomic E-state index is 12.8. The molecule has 28 heavy (non-hydrogen) atoms. The molecule has 3 aromatic rings. The number of benzene rings is 2. The molecule has 2 aromatic carbocycles. The summed E-state index contributed by atoms with van der Waals surface area (Å²) in [6, 6.07) is 15.1. The molecule has 2 heterocycles. The molecule has 0 bridgehead atoms. The van der Waals surface area contributed by atoms with E-state index in [1.54, 1.807) is 6.07 Å². The minimum absolute atomic E-state index is 0.0143. The van der Waals surface area contributed by atoms with E-state index in [4.69, 9.17) is 9.15 Å². The van der Waals surface area contributed by atoms with Crippen LogP contribution in [0.3, 0.4) is 0 Å². The van der Waals surface area contributed by atoms with Crippen molar-refractivity contribution in [3.8, 4) is 17.1 Å². The number of ether oxygens (including phenoxy) is 1. The number of hydrogen-bond acceptors (Lipinski definition) is 3. The molecular formula is C25H24O3. The Morgan fingerprint density at radius 3 is 2.54 bits per heavy atom. The van der Waals surface area contributed by atoms with Gasteiger partial charge in [0.2, 0.25) is 0 Å². The summed E-state index contributed by atoms with van der Waals surface area (Å²) in [5.74, 6) is 1.44. The van der Waals surface area contributed by atoms with Crippen LogP contribution in [0.4, 0.5) is 0 Å². The lowest BCUT2D eigenvalue weighted by Gasteiger charge is -2.40. The Balaban J connectivity index is 1.68. The zero-order valence-corrected chi connectivity index (χ0v) is 16.5. The Labute approximate surface area is 164 Å². The van der Waals surface area contributed by atoms with E-state index in [9.17, 15) is 4.79 Å². The average Bonchev–Trinajstić information content (AvgIpc) is 2.97. The maximum absolute atomic E-state index is 12.8. The Bertz CT molecular complexity index is 1170. The van der Waals surface area contributed by atoms with Gasteiger partial charge in [0.05, 0.1) is 5.39 Å². The lowest BCUT2D eigenvalue weighted by atomic mass is 9.70. The SMILES string of the molecule is CC1=C[C@@]2(Cc3c(ccc4c(=O)cc(-c5ccccc5)oc34)O2)CC(C)(C)C1. The lowest BCUT2D eigenvalue weighted by molar-refractivity contribution is 0.0752. The van der Waals surface area contributed by atoms with Crippen molar-refractivity contribution in [2.45, 2.75) is 45.6 Å². The lowest BCUT2D eigenvalue weighted by Crippen LogP contribution is -2.40. The maximum Gasteiger partial charge on any atom is 0.193 e. The van der Waals surface area contributed by atoms with Crippen LogP contribution in [0, 0.1) is 5.41 Å². The topological polar surface area (TPSA) is 39.4 Å². The van der Waals surface area contributed by atoms with Crippen LogP contribution in [0.25, 0.3) is 22.3 Å². The third-order valence-corrected chi connectivity index (χ3v) is 5.85. The highest BCUT2D eigenvalue weighted by Gasteiger charge is 2.45. The van der Waals surface area contributed by atoms with Crippen molar-refractivity contribution in [1.82, 2.24) is 0 Å². The van der Waals surface area contributed by atoms with Crippen molar-refractivity contribution < 1.29 is 9.15 Å². The number of allylic oxidation sites excluding steroid dienone is 1. The zero-order chi connectivity index (χ0) is 19.5. The molecule has 0 saturated heterocycles. The molecule has 1 aliphatic heterocycles. The molecule has 142 valence electrons. The van der Waals surface area contributed by atoms with Crippen molar-refractivity contribution in [3.05, 3.63) is 76.0 Å². The van der Waals surface area contributed by atoms with E-state index in [1.165, 1.54) is 5.57 Å². The van der Waals surface area contributed by atoms with Gasteiger partial charge in [0.15, 0.2) is 5.43 Å². The molecule has 2 aliphatic rings. The molecule has 0 unspecified atom stereocenters. The van der Waals surface area contributed by atoms with Gasteiger partial charge in [-0.15, -0.1) is 0 Å². The van der Waals surface area contributed by atoms with Gasteiger partial charge < -0.3 is 9.15 Å². The molecule has 3 heteroatoms. The first-order chi connectivity index (χ1) is 13.3. The second-order valence-corrected chi connectivity index (χ2v) is 9.11. The molecular weight excluding hydrogens is 348 g/mol. The highest BCUT2D eigenvalue weighted by molar-refractivity contribution is 5.84. The van der Waals surface area contributed by atoms with E-state index in [2.05, 4.69) is 26.8 Å². The van der Waals surface area contributed by atoms with E-state index in [0.717, 1.165) is 36.1 Å². The van der Waals surface area contributed by atoms with Crippen LogP contribution in [-0.4, -0.2) is 5.60 Å². The van der Waals surface area contributed by atoms with Crippen LogP contribution in [0.2, 0.25) is 0 Å². The van der Waals surface area contributed by atoms with E-state index in [0.29, 0.717) is 16.7 Å². The smallest absolute Gasteiger partial charge is 0.193 e. The molecule has 5 rings (SSSR count). The summed E-state index contributed by atoms with van der Waals surface area (Å²) >= 11 is 0. The fraction of sp³-hybridized carbons (Fsp3) is 0.320. The standard InChI is InChI=1S/C25H24O3/c1-16-12-24(2,3)15-25(13-16)14-19-21(28-25)10-9-18-20(26)11-22(27-23(18)19)17-7-5-4-6-8-17/h4-11,13H,12,14-15H2,1-3H3/t25-/m1/s1. The normalized spacial score (nSPS) is 22.8. The predicted molar refractivity (Wildman–Crippen MR) is 112 cm³/mol. The van der Waals surface area contributed by atoms with Crippen LogP contribution in [0.5, 0.6) is 5.75 Å². The van der Waals surface area contributed by atoms with E-state index in [-0.39, 0.29) is 16.4 Å². The van der Waals surface area contributed by atoms with E-state index >= 15 is 0 Å². The molecule has 0 fully saturated rings. The quantitative estimate of drug-likeness (QED) is 0.499. The molecule has 1 spiro atoms. The van der Waals surface area contributed by atoms with Gasteiger partial charge in [-0.3, -0.25) is 4.79 Å². The number of hydrogen-bond donors (Lipinski definition) is 0. The van der Waals surface area contributed by atoms with Crippen molar-refractivity contribution in [2.75, 3.05) is 0 Å². The van der Waals surface area contributed by atoms with Gasteiger partial charge in [-0.05, 0) is 43.4 Å². The second kappa shape index (κ2) is 5.84. The minimum Gasteiger partial charge on any atom is -0.482 e. The predicted octanol–water partition coefficient (Wildman–Crippen LogP) is 5.90. The van der Waals surface area contributed by atoms with Crippen molar-refractivity contribution in [1.29, 1.82) is 0 Å². The molecule has 0 amide bonds.